The van der Waals surface area contributed by atoms with Crippen LogP contribution in [0.5, 0.6) is 5.75 Å². The first kappa shape index (κ1) is 35.8. The summed E-state index contributed by atoms with van der Waals surface area (Å²) in [5, 5.41) is 17.3. The van der Waals surface area contributed by atoms with Crippen LogP contribution in [0.2, 0.25) is 15.1 Å². The summed E-state index contributed by atoms with van der Waals surface area (Å²) in [5.74, 6) is 0.694. The van der Waals surface area contributed by atoms with Crippen molar-refractivity contribution in [3.05, 3.63) is 135 Å². The number of carbonyl (C=O) groups excluding carboxylic acids is 2. The molecule has 52 heavy (non-hydrogen) atoms. The van der Waals surface area contributed by atoms with E-state index >= 15 is 0 Å². The van der Waals surface area contributed by atoms with Gasteiger partial charge in [-0.1, -0.05) is 70.8 Å². The van der Waals surface area contributed by atoms with Crippen LogP contribution in [0, 0.1) is 5.92 Å². The van der Waals surface area contributed by atoms with Crippen LogP contribution < -0.4 is 4.74 Å². The van der Waals surface area contributed by atoms with E-state index in [2.05, 4.69) is 16.3 Å². The van der Waals surface area contributed by atoms with Crippen molar-refractivity contribution < 1.29 is 23.5 Å². The molecule has 2 atom stereocenters. The summed E-state index contributed by atoms with van der Waals surface area (Å²) < 4.78 is 18.8. The van der Waals surface area contributed by atoms with E-state index in [1.54, 1.807) is 36.6 Å². The van der Waals surface area contributed by atoms with Gasteiger partial charge in [-0.2, -0.15) is 5.10 Å². The van der Waals surface area contributed by atoms with Crippen LogP contribution in [-0.2, 0) is 27.5 Å². The summed E-state index contributed by atoms with van der Waals surface area (Å²) in [6.07, 6.45) is 6.32. The zero-order valence-electron chi connectivity index (χ0n) is 27.7. The fraction of sp³-hybridized carbons (Fsp3) is 0.237. The number of rotatable bonds is 12. The molecule has 10 nitrogen and oxygen atoms in total. The molecule has 0 bridgehead atoms. The first-order valence-electron chi connectivity index (χ1n) is 16.5. The lowest BCUT2D eigenvalue weighted by atomic mass is 9.77. The van der Waals surface area contributed by atoms with Crippen LogP contribution in [-0.4, -0.2) is 49.7 Å². The number of hydrogen-bond acceptors (Lipinski definition) is 9. The summed E-state index contributed by atoms with van der Waals surface area (Å²) in [5.41, 5.74) is 3.84. The van der Waals surface area contributed by atoms with E-state index in [1.807, 2.05) is 59.2 Å². The zero-order valence-corrected chi connectivity index (χ0v) is 30.7. The molecule has 2 unspecified atom stereocenters. The Morgan fingerprint density at radius 1 is 0.923 bits per heavy atom. The van der Waals surface area contributed by atoms with E-state index in [0.29, 0.717) is 44.1 Å². The molecule has 1 aliphatic carbocycles. The molecule has 3 aromatic carbocycles. The second kappa shape index (κ2) is 16.4. The number of nitrogens with zero attached hydrogens (tertiary/aromatic N) is 5. The molecule has 0 saturated heterocycles. The Hall–Kier alpha value is -4.55. The molecule has 1 fully saturated rings. The maximum absolute atomic E-state index is 13.8. The highest BCUT2D eigenvalue weighted by molar-refractivity contribution is 7.99. The van der Waals surface area contributed by atoms with E-state index in [4.69, 9.17) is 53.8 Å². The van der Waals surface area contributed by atoms with Crippen molar-refractivity contribution >= 4 is 70.2 Å². The number of furan rings is 1. The normalized spacial score (nSPS) is 17.6. The third-order valence-corrected chi connectivity index (χ3v) is 10.4. The fourth-order valence-electron chi connectivity index (χ4n) is 6.26. The Kier molecular flexibility index (Phi) is 11.3. The number of thioether (sulfide) groups is 1. The maximum Gasteiger partial charge on any atom is 0.316 e. The number of hydrazone groups is 1. The van der Waals surface area contributed by atoms with Gasteiger partial charge in [-0.25, -0.2) is 5.01 Å². The number of halogens is 3. The molecule has 0 radical (unpaired) electrons. The first-order chi connectivity index (χ1) is 25.3. The molecule has 266 valence electrons. The predicted octanol–water partition coefficient (Wildman–Crippen LogP) is 8.92. The SMILES string of the molecule is O=C(CSc1nnc(COc2ccc(Cl)cc2)n1Cc1ccco1)OCC(=O)N1N=C2/C(=C\c3ccc(Cl)cc3)CCCC2C1c1ccc(Cl)cc1. The standard InChI is InChI=1S/C38H32Cl3N5O5S/c39-27-10-6-24(7-11-27)19-26-3-1-5-32-36(26)44-46(37(32)25-8-12-28(40)13-9-25)34(47)22-51-35(48)23-52-38-43-42-33(45(38)20-31-4-2-18-49-31)21-50-30-16-14-29(41)15-17-30/h2,4,6-19,32,37H,1,3,5,20-23H2/b26-19-. The third kappa shape index (κ3) is 8.56. The van der Waals surface area contributed by atoms with E-state index in [1.165, 1.54) is 5.01 Å². The zero-order chi connectivity index (χ0) is 36.0. The highest BCUT2D eigenvalue weighted by Crippen LogP contribution is 2.44. The Morgan fingerprint density at radius 3 is 2.35 bits per heavy atom. The number of esters is 1. The summed E-state index contributed by atoms with van der Waals surface area (Å²) in [4.78, 5) is 26.8. The van der Waals surface area contributed by atoms with Crippen LogP contribution in [0.1, 0.15) is 48.0 Å². The van der Waals surface area contributed by atoms with Crippen LogP contribution >= 0.6 is 46.6 Å². The van der Waals surface area contributed by atoms with Gasteiger partial charge >= 0.3 is 5.97 Å². The minimum absolute atomic E-state index is 0.0259. The predicted molar refractivity (Wildman–Crippen MR) is 201 cm³/mol. The molecule has 14 heteroatoms. The average Bonchev–Trinajstić information content (AvgIpc) is 3.91. The Balaban J connectivity index is 1.03. The number of carbonyl (C=O) groups is 2. The summed E-state index contributed by atoms with van der Waals surface area (Å²) >= 11 is 19.5. The van der Waals surface area contributed by atoms with E-state index < -0.39 is 18.5 Å². The Morgan fingerprint density at radius 2 is 1.63 bits per heavy atom. The fourth-order valence-corrected chi connectivity index (χ4v) is 7.39. The number of fused-ring (bicyclic) bond motifs is 1. The van der Waals surface area contributed by atoms with Crippen LogP contribution in [0.15, 0.2) is 111 Å². The van der Waals surface area contributed by atoms with E-state index in [9.17, 15) is 9.59 Å². The lowest BCUT2D eigenvalue weighted by Gasteiger charge is -2.29. The number of benzene rings is 3. The Labute approximate surface area is 319 Å². The Bertz CT molecular complexity index is 2080. The number of hydrogen-bond donors (Lipinski definition) is 0. The average molecular weight is 777 g/mol. The van der Waals surface area contributed by atoms with Crippen LogP contribution in [0.3, 0.4) is 0 Å². The monoisotopic (exact) mass is 775 g/mol. The molecule has 1 saturated carbocycles. The number of aromatic nitrogens is 3. The topological polar surface area (TPSA) is 112 Å². The van der Waals surface area contributed by atoms with Gasteiger partial charge < -0.3 is 13.9 Å². The largest absolute Gasteiger partial charge is 0.486 e. The minimum atomic E-state index is -0.583. The van der Waals surface area contributed by atoms with Crippen molar-refractivity contribution in [1.29, 1.82) is 0 Å². The van der Waals surface area contributed by atoms with E-state index in [-0.39, 0.29) is 24.3 Å². The lowest BCUT2D eigenvalue weighted by Crippen LogP contribution is -2.34. The molecular weight excluding hydrogens is 745 g/mol. The maximum atomic E-state index is 13.8. The van der Waals surface area contributed by atoms with Crippen molar-refractivity contribution in [2.24, 2.45) is 11.0 Å². The molecule has 0 spiro atoms. The molecule has 1 amide bonds. The van der Waals surface area contributed by atoms with Crippen molar-refractivity contribution in [2.75, 3.05) is 12.4 Å². The second-order valence-electron chi connectivity index (χ2n) is 12.2. The molecule has 2 aromatic heterocycles. The number of ether oxygens (including phenoxy) is 2. The third-order valence-electron chi connectivity index (χ3n) is 8.72. The molecule has 5 aromatic rings. The van der Waals surface area contributed by atoms with E-state index in [0.717, 1.165) is 53.4 Å². The van der Waals surface area contributed by atoms with Gasteiger partial charge in [-0.3, -0.25) is 14.2 Å². The van der Waals surface area contributed by atoms with Crippen molar-refractivity contribution in [1.82, 2.24) is 19.8 Å². The first-order valence-corrected chi connectivity index (χ1v) is 18.7. The van der Waals surface area contributed by atoms with Gasteiger partial charge in [0.25, 0.3) is 5.91 Å². The lowest BCUT2D eigenvalue weighted by molar-refractivity contribution is -0.151. The van der Waals surface area contributed by atoms with Gasteiger partial charge in [0.05, 0.1) is 30.3 Å². The highest BCUT2D eigenvalue weighted by Gasteiger charge is 2.44. The van der Waals surface area contributed by atoms with Crippen molar-refractivity contribution in [3.63, 3.8) is 0 Å². The smallest absolute Gasteiger partial charge is 0.316 e. The molecule has 0 N–H and O–H groups in total. The molecular formula is C38H32Cl3N5O5S. The van der Waals surface area contributed by atoms with Gasteiger partial charge in [0, 0.05) is 21.0 Å². The summed E-state index contributed by atoms with van der Waals surface area (Å²) in [7, 11) is 0. The molecule has 7 rings (SSSR count). The van der Waals surface area contributed by atoms with Crippen LogP contribution in [0.4, 0.5) is 0 Å². The van der Waals surface area contributed by atoms with Gasteiger partial charge in [-0.05, 0) is 103 Å². The van der Waals surface area contributed by atoms with Crippen molar-refractivity contribution in [2.45, 2.75) is 43.6 Å². The molecule has 2 aliphatic rings. The van der Waals surface area contributed by atoms with Gasteiger partial charge in [0.15, 0.2) is 17.6 Å². The van der Waals surface area contributed by atoms with Crippen molar-refractivity contribution in [3.8, 4) is 5.75 Å². The summed E-state index contributed by atoms with van der Waals surface area (Å²) in [6, 6.07) is 25.3. The number of allylic oxidation sites excluding steroid dienone is 1. The molecule has 3 heterocycles. The second-order valence-corrected chi connectivity index (χ2v) is 14.4. The van der Waals surface area contributed by atoms with Gasteiger partial charge in [0.2, 0.25) is 0 Å². The van der Waals surface area contributed by atoms with Gasteiger partial charge in [0.1, 0.15) is 18.1 Å². The highest BCUT2D eigenvalue weighted by atomic mass is 35.5. The summed E-state index contributed by atoms with van der Waals surface area (Å²) in [6.45, 7) is -0.0196. The van der Waals surface area contributed by atoms with Gasteiger partial charge in [-0.15, -0.1) is 10.2 Å². The number of amides is 1. The van der Waals surface area contributed by atoms with Crippen LogP contribution in [0.25, 0.3) is 6.08 Å². The quantitative estimate of drug-likeness (QED) is 0.0913. The molecule has 1 aliphatic heterocycles. The minimum Gasteiger partial charge on any atom is -0.486 e.